The van der Waals surface area contributed by atoms with Crippen LogP contribution in [-0.2, 0) is 6.42 Å². The van der Waals surface area contributed by atoms with Gasteiger partial charge in [0.1, 0.15) is 5.75 Å². The van der Waals surface area contributed by atoms with Crippen molar-refractivity contribution >= 4 is 0 Å². The van der Waals surface area contributed by atoms with Gasteiger partial charge in [-0.05, 0) is 41.3 Å². The van der Waals surface area contributed by atoms with Gasteiger partial charge >= 0.3 is 0 Å². The van der Waals surface area contributed by atoms with Crippen LogP contribution in [0.2, 0.25) is 0 Å². The van der Waals surface area contributed by atoms with Gasteiger partial charge in [0, 0.05) is 6.42 Å². The molecule has 0 unspecified atom stereocenters. The molecule has 0 atom stereocenters. The Balaban J connectivity index is 1.72. The average molecular weight is 288 g/mol. The Morgan fingerprint density at radius 1 is 0.727 bits per heavy atom. The quantitative estimate of drug-likeness (QED) is 0.620. The summed E-state index contributed by atoms with van der Waals surface area (Å²) in [5.74, 6) is 0.930. The highest BCUT2D eigenvalue weighted by Gasteiger charge is 2.06. The van der Waals surface area contributed by atoms with E-state index in [0.717, 1.165) is 12.2 Å². The van der Waals surface area contributed by atoms with Gasteiger partial charge in [0.25, 0.3) is 0 Å². The van der Waals surface area contributed by atoms with Crippen molar-refractivity contribution in [3.05, 3.63) is 90.0 Å². The maximum absolute atomic E-state index is 5.81. The van der Waals surface area contributed by atoms with E-state index in [0.29, 0.717) is 6.61 Å². The standard InChI is InChI=1S/C21H20O/c1-17-18(15-16-22-20-12-6-3-7-13-20)11-8-14-21(17)19-9-4-2-5-10-19/h2-14H,15-16H2,1H3. The Morgan fingerprint density at radius 2 is 1.41 bits per heavy atom. The summed E-state index contributed by atoms with van der Waals surface area (Å²) in [6.07, 6.45) is 0.918. The van der Waals surface area contributed by atoms with Crippen LogP contribution in [0, 0.1) is 6.92 Å². The Hall–Kier alpha value is -2.54. The highest BCUT2D eigenvalue weighted by molar-refractivity contribution is 5.68. The third kappa shape index (κ3) is 3.37. The second-order valence-electron chi connectivity index (χ2n) is 5.37. The molecular weight excluding hydrogens is 268 g/mol. The molecule has 0 aliphatic carbocycles. The maximum Gasteiger partial charge on any atom is 0.119 e. The molecule has 0 N–H and O–H groups in total. The minimum absolute atomic E-state index is 0.698. The molecule has 0 radical (unpaired) electrons. The van der Waals surface area contributed by atoms with E-state index in [1.165, 1.54) is 22.3 Å². The molecule has 3 aromatic carbocycles. The lowest BCUT2D eigenvalue weighted by Gasteiger charge is -2.12. The fourth-order valence-corrected chi connectivity index (χ4v) is 2.68. The van der Waals surface area contributed by atoms with E-state index in [2.05, 4.69) is 55.5 Å². The van der Waals surface area contributed by atoms with Crippen molar-refractivity contribution in [2.24, 2.45) is 0 Å². The van der Waals surface area contributed by atoms with Crippen LogP contribution in [0.1, 0.15) is 11.1 Å². The van der Waals surface area contributed by atoms with Crippen LogP contribution >= 0.6 is 0 Å². The first-order chi connectivity index (χ1) is 10.8. The maximum atomic E-state index is 5.81. The molecule has 0 amide bonds. The van der Waals surface area contributed by atoms with Crippen LogP contribution in [0.15, 0.2) is 78.9 Å². The largest absolute Gasteiger partial charge is 0.493 e. The summed E-state index contributed by atoms with van der Waals surface area (Å²) in [6, 6.07) is 27.0. The normalized spacial score (nSPS) is 10.4. The Labute approximate surface area is 132 Å². The molecule has 22 heavy (non-hydrogen) atoms. The number of hydrogen-bond acceptors (Lipinski definition) is 1. The minimum Gasteiger partial charge on any atom is -0.493 e. The van der Waals surface area contributed by atoms with Crippen LogP contribution in [0.25, 0.3) is 11.1 Å². The van der Waals surface area contributed by atoms with Gasteiger partial charge < -0.3 is 4.74 Å². The van der Waals surface area contributed by atoms with Gasteiger partial charge in [-0.1, -0.05) is 66.7 Å². The molecule has 3 rings (SSSR count). The number of ether oxygens (including phenoxy) is 1. The van der Waals surface area contributed by atoms with E-state index in [4.69, 9.17) is 4.74 Å². The number of para-hydroxylation sites is 1. The van der Waals surface area contributed by atoms with Gasteiger partial charge in [0.2, 0.25) is 0 Å². The van der Waals surface area contributed by atoms with Crippen LogP contribution in [0.3, 0.4) is 0 Å². The van der Waals surface area contributed by atoms with Crippen LogP contribution < -0.4 is 4.74 Å². The molecule has 0 saturated carbocycles. The van der Waals surface area contributed by atoms with E-state index in [9.17, 15) is 0 Å². The molecule has 0 heterocycles. The van der Waals surface area contributed by atoms with Gasteiger partial charge in [-0.15, -0.1) is 0 Å². The summed E-state index contributed by atoms with van der Waals surface area (Å²) in [5.41, 5.74) is 5.26. The summed E-state index contributed by atoms with van der Waals surface area (Å²) in [5, 5.41) is 0. The highest BCUT2D eigenvalue weighted by atomic mass is 16.5. The van der Waals surface area contributed by atoms with Crippen molar-refractivity contribution in [3.8, 4) is 16.9 Å². The van der Waals surface area contributed by atoms with E-state index in [-0.39, 0.29) is 0 Å². The molecule has 3 aromatic rings. The fourth-order valence-electron chi connectivity index (χ4n) is 2.68. The van der Waals surface area contributed by atoms with Crippen LogP contribution in [0.4, 0.5) is 0 Å². The zero-order chi connectivity index (χ0) is 15.2. The minimum atomic E-state index is 0.698. The molecule has 0 fully saturated rings. The molecule has 0 saturated heterocycles. The third-order valence-corrected chi connectivity index (χ3v) is 3.91. The van der Waals surface area contributed by atoms with Crippen molar-refractivity contribution in [2.75, 3.05) is 6.61 Å². The Bertz CT molecular complexity index is 717. The topological polar surface area (TPSA) is 9.23 Å². The molecule has 110 valence electrons. The van der Waals surface area contributed by atoms with Crippen molar-refractivity contribution in [1.82, 2.24) is 0 Å². The van der Waals surface area contributed by atoms with Crippen molar-refractivity contribution < 1.29 is 4.74 Å². The molecule has 0 aromatic heterocycles. The van der Waals surface area contributed by atoms with Gasteiger partial charge in [-0.3, -0.25) is 0 Å². The van der Waals surface area contributed by atoms with Gasteiger partial charge in [0.05, 0.1) is 6.61 Å². The van der Waals surface area contributed by atoms with E-state index >= 15 is 0 Å². The third-order valence-electron chi connectivity index (χ3n) is 3.91. The predicted octanol–water partition coefficient (Wildman–Crippen LogP) is 5.28. The second kappa shape index (κ2) is 6.95. The molecule has 0 bridgehead atoms. The van der Waals surface area contributed by atoms with E-state index < -0.39 is 0 Å². The predicted molar refractivity (Wildman–Crippen MR) is 92.3 cm³/mol. The van der Waals surface area contributed by atoms with Crippen LogP contribution in [-0.4, -0.2) is 6.61 Å². The summed E-state index contributed by atoms with van der Waals surface area (Å²) in [7, 11) is 0. The smallest absolute Gasteiger partial charge is 0.119 e. The van der Waals surface area contributed by atoms with Crippen molar-refractivity contribution in [3.63, 3.8) is 0 Å². The summed E-state index contributed by atoms with van der Waals surface area (Å²) < 4.78 is 5.81. The number of hydrogen-bond donors (Lipinski definition) is 0. The zero-order valence-electron chi connectivity index (χ0n) is 12.8. The summed E-state index contributed by atoms with van der Waals surface area (Å²) in [4.78, 5) is 0. The lowest BCUT2D eigenvalue weighted by atomic mass is 9.95. The molecule has 0 aliphatic rings. The molecular formula is C21H20O. The second-order valence-corrected chi connectivity index (χ2v) is 5.37. The monoisotopic (exact) mass is 288 g/mol. The lowest BCUT2D eigenvalue weighted by Crippen LogP contribution is -2.03. The van der Waals surface area contributed by atoms with Crippen LogP contribution in [0.5, 0.6) is 5.75 Å². The summed E-state index contributed by atoms with van der Waals surface area (Å²) in [6.45, 7) is 2.89. The average Bonchev–Trinajstić information content (AvgIpc) is 2.58. The number of rotatable bonds is 5. The van der Waals surface area contributed by atoms with Crippen molar-refractivity contribution in [1.29, 1.82) is 0 Å². The van der Waals surface area contributed by atoms with Crippen molar-refractivity contribution in [2.45, 2.75) is 13.3 Å². The molecule has 0 aliphatic heterocycles. The first-order valence-corrected chi connectivity index (χ1v) is 7.66. The lowest BCUT2D eigenvalue weighted by molar-refractivity contribution is 0.322. The first kappa shape index (κ1) is 14.4. The van der Waals surface area contributed by atoms with E-state index in [1.54, 1.807) is 0 Å². The molecule has 0 spiro atoms. The summed E-state index contributed by atoms with van der Waals surface area (Å²) >= 11 is 0. The zero-order valence-corrected chi connectivity index (χ0v) is 12.8. The van der Waals surface area contributed by atoms with Gasteiger partial charge in [0.15, 0.2) is 0 Å². The Morgan fingerprint density at radius 3 is 2.14 bits per heavy atom. The first-order valence-electron chi connectivity index (χ1n) is 7.66. The fraction of sp³-hybridized carbons (Fsp3) is 0.143. The van der Waals surface area contributed by atoms with Gasteiger partial charge in [-0.25, -0.2) is 0 Å². The SMILES string of the molecule is Cc1c(CCOc2ccccc2)cccc1-c1ccccc1. The molecule has 1 nitrogen and oxygen atoms in total. The number of benzene rings is 3. The Kier molecular flexibility index (Phi) is 4.55. The van der Waals surface area contributed by atoms with E-state index in [1.807, 2.05) is 30.3 Å². The van der Waals surface area contributed by atoms with Gasteiger partial charge in [-0.2, -0.15) is 0 Å². The highest BCUT2D eigenvalue weighted by Crippen LogP contribution is 2.25. The molecule has 1 heteroatoms.